The second kappa shape index (κ2) is 5.08. The molecule has 0 spiro atoms. The number of anilines is 2. The van der Waals surface area contributed by atoms with Crippen LogP contribution in [0.2, 0.25) is 0 Å². The number of amides is 1. The maximum Gasteiger partial charge on any atom is 0.242 e. The summed E-state index contributed by atoms with van der Waals surface area (Å²) in [4.78, 5) is 22.8. The zero-order valence-corrected chi connectivity index (χ0v) is 10.9. The van der Waals surface area contributed by atoms with Gasteiger partial charge in [0.25, 0.3) is 0 Å². The van der Waals surface area contributed by atoms with E-state index in [4.69, 9.17) is 11.5 Å². The Balaban J connectivity index is 3.09. The van der Waals surface area contributed by atoms with E-state index in [9.17, 15) is 9.59 Å². The average Bonchev–Trinajstić information content (AvgIpc) is 2.30. The molecule has 5 N–H and O–H groups in total. The summed E-state index contributed by atoms with van der Waals surface area (Å²) in [5.41, 5.74) is 11.7. The molecule has 1 atom stereocenters. The summed E-state index contributed by atoms with van der Waals surface area (Å²) in [7, 11) is 0. The van der Waals surface area contributed by atoms with Crippen molar-refractivity contribution in [3.05, 3.63) is 23.8 Å². The third-order valence-electron chi connectivity index (χ3n) is 3.10. The molecular formula is C13H19N3O2. The molecule has 0 saturated carbocycles. The highest BCUT2D eigenvalue weighted by Gasteiger charge is 2.28. The van der Waals surface area contributed by atoms with Gasteiger partial charge in [-0.1, -0.05) is 6.92 Å². The number of hydrogen-bond acceptors (Lipinski definition) is 4. The van der Waals surface area contributed by atoms with Gasteiger partial charge in [0.15, 0.2) is 5.78 Å². The highest BCUT2D eigenvalue weighted by Crippen LogP contribution is 2.23. The van der Waals surface area contributed by atoms with Crippen LogP contribution in [-0.2, 0) is 4.79 Å². The predicted octanol–water partition coefficient (Wildman–Crippen LogP) is 1.54. The predicted molar refractivity (Wildman–Crippen MR) is 72.4 cm³/mol. The van der Waals surface area contributed by atoms with Crippen LogP contribution in [0.1, 0.15) is 37.6 Å². The summed E-state index contributed by atoms with van der Waals surface area (Å²) < 4.78 is 0. The number of hydrogen-bond donors (Lipinski definition) is 3. The van der Waals surface area contributed by atoms with Crippen LogP contribution in [0, 0.1) is 0 Å². The summed E-state index contributed by atoms with van der Waals surface area (Å²) in [6.45, 7) is 5.03. The van der Waals surface area contributed by atoms with Crippen LogP contribution < -0.4 is 16.8 Å². The van der Waals surface area contributed by atoms with Crippen molar-refractivity contribution < 1.29 is 9.59 Å². The molecule has 1 amide bonds. The van der Waals surface area contributed by atoms with Crippen molar-refractivity contribution in [1.82, 2.24) is 0 Å². The van der Waals surface area contributed by atoms with E-state index >= 15 is 0 Å². The highest BCUT2D eigenvalue weighted by molar-refractivity contribution is 6.00. The molecule has 98 valence electrons. The van der Waals surface area contributed by atoms with E-state index in [2.05, 4.69) is 5.32 Å². The van der Waals surface area contributed by atoms with Crippen molar-refractivity contribution >= 4 is 23.1 Å². The smallest absolute Gasteiger partial charge is 0.242 e. The Morgan fingerprint density at radius 1 is 1.39 bits per heavy atom. The van der Waals surface area contributed by atoms with Crippen molar-refractivity contribution in [3.63, 3.8) is 0 Å². The van der Waals surface area contributed by atoms with E-state index in [0.717, 1.165) is 0 Å². The van der Waals surface area contributed by atoms with Crippen LogP contribution >= 0.6 is 0 Å². The quantitative estimate of drug-likeness (QED) is 0.544. The van der Waals surface area contributed by atoms with Gasteiger partial charge in [-0.25, -0.2) is 0 Å². The monoisotopic (exact) mass is 249 g/mol. The molecule has 1 aromatic rings. The first-order valence-corrected chi connectivity index (χ1v) is 5.78. The third kappa shape index (κ3) is 2.80. The molecule has 5 heteroatoms. The summed E-state index contributed by atoms with van der Waals surface area (Å²) in [5, 5.41) is 3.04. The zero-order chi connectivity index (χ0) is 13.9. The van der Waals surface area contributed by atoms with Gasteiger partial charge < -0.3 is 16.8 Å². The van der Waals surface area contributed by atoms with Crippen LogP contribution in [0.5, 0.6) is 0 Å². The van der Waals surface area contributed by atoms with Crippen molar-refractivity contribution in [1.29, 1.82) is 0 Å². The number of nitrogens with two attached hydrogens (primary N) is 2. The third-order valence-corrected chi connectivity index (χ3v) is 3.10. The van der Waals surface area contributed by atoms with Crippen LogP contribution in [0.15, 0.2) is 18.2 Å². The van der Waals surface area contributed by atoms with Crippen molar-refractivity contribution in [3.8, 4) is 0 Å². The molecule has 0 aliphatic carbocycles. The van der Waals surface area contributed by atoms with Gasteiger partial charge in [0.2, 0.25) is 5.91 Å². The number of primary amides is 1. The van der Waals surface area contributed by atoms with Gasteiger partial charge in [0.1, 0.15) is 5.54 Å². The average molecular weight is 249 g/mol. The molecule has 0 aliphatic heterocycles. The van der Waals surface area contributed by atoms with E-state index < -0.39 is 11.4 Å². The van der Waals surface area contributed by atoms with E-state index in [1.807, 2.05) is 6.92 Å². The van der Waals surface area contributed by atoms with E-state index in [0.29, 0.717) is 23.4 Å². The number of Topliss-reactive ketones (excluding diaryl/α,β-unsaturated/α-hetero) is 1. The minimum absolute atomic E-state index is 0.117. The SMILES string of the molecule is CCC(C)(Nc1ccc(N)c(C(C)=O)c1)C(N)=O. The number of rotatable bonds is 5. The Hall–Kier alpha value is -2.04. The van der Waals surface area contributed by atoms with Crippen LogP contribution in [0.25, 0.3) is 0 Å². The van der Waals surface area contributed by atoms with Gasteiger partial charge in [-0.3, -0.25) is 9.59 Å². The summed E-state index contributed by atoms with van der Waals surface area (Å²) in [6.07, 6.45) is 0.544. The molecule has 0 aromatic heterocycles. The molecule has 5 nitrogen and oxygen atoms in total. The fraction of sp³-hybridized carbons (Fsp3) is 0.385. The van der Waals surface area contributed by atoms with Crippen LogP contribution in [-0.4, -0.2) is 17.2 Å². The second-order valence-corrected chi connectivity index (χ2v) is 4.53. The first kappa shape index (κ1) is 14.0. The number of ketones is 1. The Labute approximate surface area is 107 Å². The molecule has 0 heterocycles. The normalized spacial score (nSPS) is 13.7. The fourth-order valence-electron chi connectivity index (χ4n) is 1.58. The van der Waals surface area contributed by atoms with Crippen molar-refractivity contribution in [2.45, 2.75) is 32.7 Å². The number of nitrogen functional groups attached to an aromatic ring is 1. The summed E-state index contributed by atoms with van der Waals surface area (Å²) >= 11 is 0. The molecule has 18 heavy (non-hydrogen) atoms. The molecule has 0 radical (unpaired) electrons. The van der Waals surface area contributed by atoms with Gasteiger partial charge >= 0.3 is 0 Å². The minimum Gasteiger partial charge on any atom is -0.398 e. The largest absolute Gasteiger partial charge is 0.398 e. The lowest BCUT2D eigenvalue weighted by molar-refractivity contribution is -0.121. The first-order chi connectivity index (χ1) is 8.30. The lowest BCUT2D eigenvalue weighted by Crippen LogP contribution is -2.47. The molecule has 0 bridgehead atoms. The summed E-state index contributed by atoms with van der Waals surface area (Å²) in [6, 6.07) is 4.99. The molecule has 0 saturated heterocycles. The van der Waals surface area contributed by atoms with E-state index in [1.54, 1.807) is 25.1 Å². The Kier molecular flexibility index (Phi) is 3.96. The second-order valence-electron chi connectivity index (χ2n) is 4.53. The van der Waals surface area contributed by atoms with Gasteiger partial charge in [0, 0.05) is 16.9 Å². The Bertz CT molecular complexity index is 485. The van der Waals surface area contributed by atoms with E-state index in [-0.39, 0.29) is 5.78 Å². The standard InChI is InChI=1S/C13H19N3O2/c1-4-13(3,12(15)18)16-9-5-6-11(14)10(7-9)8(2)17/h5-7,16H,4,14H2,1-3H3,(H2,15,18). The first-order valence-electron chi connectivity index (χ1n) is 5.78. The minimum atomic E-state index is -0.843. The maximum atomic E-state index is 11.4. The molecule has 1 rings (SSSR count). The van der Waals surface area contributed by atoms with Gasteiger partial charge in [-0.2, -0.15) is 0 Å². The molecule has 1 unspecified atom stereocenters. The van der Waals surface area contributed by atoms with Crippen molar-refractivity contribution in [2.75, 3.05) is 11.1 Å². The van der Waals surface area contributed by atoms with Gasteiger partial charge in [0.05, 0.1) is 0 Å². The zero-order valence-electron chi connectivity index (χ0n) is 10.9. The molecule has 0 fully saturated rings. The van der Waals surface area contributed by atoms with Crippen LogP contribution in [0.4, 0.5) is 11.4 Å². The van der Waals surface area contributed by atoms with Crippen LogP contribution in [0.3, 0.4) is 0 Å². The highest BCUT2D eigenvalue weighted by atomic mass is 16.1. The Morgan fingerprint density at radius 3 is 2.44 bits per heavy atom. The summed E-state index contributed by atoms with van der Waals surface area (Å²) in [5.74, 6) is -0.556. The number of benzene rings is 1. The molecule has 0 aliphatic rings. The van der Waals surface area contributed by atoms with Crippen molar-refractivity contribution in [2.24, 2.45) is 5.73 Å². The maximum absolute atomic E-state index is 11.4. The fourth-order valence-corrected chi connectivity index (χ4v) is 1.58. The lowest BCUT2D eigenvalue weighted by Gasteiger charge is -2.27. The van der Waals surface area contributed by atoms with Gasteiger partial charge in [-0.15, -0.1) is 0 Å². The molecule has 1 aromatic carbocycles. The van der Waals surface area contributed by atoms with E-state index in [1.165, 1.54) is 6.92 Å². The number of nitrogens with one attached hydrogen (secondary N) is 1. The Morgan fingerprint density at radius 2 is 2.00 bits per heavy atom. The number of carbonyl (C=O) groups is 2. The molecular weight excluding hydrogens is 230 g/mol. The van der Waals surface area contributed by atoms with Gasteiger partial charge in [-0.05, 0) is 38.5 Å². The topological polar surface area (TPSA) is 98.2 Å². The number of carbonyl (C=O) groups excluding carboxylic acids is 2. The lowest BCUT2D eigenvalue weighted by atomic mass is 9.97.